The molecule has 40 heavy (non-hydrogen) atoms. The Balaban J connectivity index is 1.43. The zero-order chi connectivity index (χ0) is 28.3. The second kappa shape index (κ2) is 11.1. The van der Waals surface area contributed by atoms with E-state index >= 15 is 0 Å². The van der Waals surface area contributed by atoms with Gasteiger partial charge in [-0.15, -0.1) is 0 Å². The SMILES string of the molecule is N=C(O/C(N)=N/C1N=C(c2ccccc2)c2ccccc2NC1=O)c1ncc(C(F)(F)F)cc1NC1CCOC1. The molecule has 2 unspecified atom stereocenters. The number of aromatic nitrogens is 1. The summed E-state index contributed by atoms with van der Waals surface area (Å²) in [5.74, 6) is -1.26. The first kappa shape index (κ1) is 26.8. The summed E-state index contributed by atoms with van der Waals surface area (Å²) in [7, 11) is 0. The monoisotopic (exact) mass is 551 g/mol. The molecule has 1 aromatic heterocycles. The summed E-state index contributed by atoms with van der Waals surface area (Å²) in [6.07, 6.45) is -4.85. The van der Waals surface area contributed by atoms with Gasteiger partial charge in [-0.1, -0.05) is 48.5 Å². The smallest absolute Gasteiger partial charge is 0.405 e. The van der Waals surface area contributed by atoms with Gasteiger partial charge in [0.15, 0.2) is 0 Å². The lowest BCUT2D eigenvalue weighted by molar-refractivity contribution is -0.137. The molecule has 13 heteroatoms. The van der Waals surface area contributed by atoms with Gasteiger partial charge in [-0.25, -0.2) is 9.98 Å². The van der Waals surface area contributed by atoms with Gasteiger partial charge in [-0.2, -0.15) is 18.2 Å². The van der Waals surface area contributed by atoms with Gasteiger partial charge in [0.1, 0.15) is 5.69 Å². The number of hydrogen-bond donors (Lipinski definition) is 4. The Kier molecular flexibility index (Phi) is 7.47. The maximum atomic E-state index is 13.3. The van der Waals surface area contributed by atoms with E-state index in [9.17, 15) is 18.0 Å². The summed E-state index contributed by atoms with van der Waals surface area (Å²) in [6.45, 7) is 0.736. The third-order valence-corrected chi connectivity index (χ3v) is 6.15. The van der Waals surface area contributed by atoms with Crippen molar-refractivity contribution in [3.63, 3.8) is 0 Å². The minimum atomic E-state index is -4.64. The van der Waals surface area contributed by atoms with Gasteiger partial charge in [0, 0.05) is 23.9 Å². The summed E-state index contributed by atoms with van der Waals surface area (Å²) in [5, 5.41) is 14.1. The molecule has 3 heterocycles. The van der Waals surface area contributed by atoms with Crippen molar-refractivity contribution < 1.29 is 27.4 Å². The predicted molar refractivity (Wildman–Crippen MR) is 143 cm³/mol. The van der Waals surface area contributed by atoms with Crippen LogP contribution in [0.15, 0.2) is 76.8 Å². The number of fused-ring (bicyclic) bond motifs is 1. The molecule has 0 spiro atoms. The van der Waals surface area contributed by atoms with Crippen LogP contribution in [0.2, 0.25) is 0 Å². The third kappa shape index (κ3) is 5.94. The van der Waals surface area contributed by atoms with Crippen LogP contribution < -0.4 is 16.4 Å². The van der Waals surface area contributed by atoms with Crippen LogP contribution in [0.4, 0.5) is 24.5 Å². The Bertz CT molecular complexity index is 1490. The third-order valence-electron chi connectivity index (χ3n) is 6.15. The lowest BCUT2D eigenvalue weighted by Gasteiger charge is -2.18. The predicted octanol–water partition coefficient (Wildman–Crippen LogP) is 3.77. The molecule has 10 nitrogen and oxygen atoms in total. The fourth-order valence-electron chi connectivity index (χ4n) is 4.24. The number of nitrogens with one attached hydrogen (secondary N) is 3. The van der Waals surface area contributed by atoms with Crippen molar-refractivity contribution in [1.82, 2.24) is 4.98 Å². The number of alkyl halides is 3. The minimum absolute atomic E-state index is 0.0739. The first-order valence-corrected chi connectivity index (χ1v) is 12.2. The van der Waals surface area contributed by atoms with Gasteiger partial charge < -0.3 is 25.8 Å². The molecule has 2 atom stereocenters. The maximum absolute atomic E-state index is 13.3. The molecule has 0 radical (unpaired) electrons. The van der Waals surface area contributed by atoms with Crippen LogP contribution >= 0.6 is 0 Å². The first-order valence-electron chi connectivity index (χ1n) is 12.2. The molecule has 2 aliphatic heterocycles. The van der Waals surface area contributed by atoms with Crippen LogP contribution in [0.25, 0.3) is 0 Å². The average Bonchev–Trinajstić information content (AvgIpc) is 3.39. The van der Waals surface area contributed by atoms with Crippen LogP contribution in [0.3, 0.4) is 0 Å². The Labute approximate surface area is 226 Å². The summed E-state index contributed by atoms with van der Waals surface area (Å²) in [4.78, 5) is 25.4. The van der Waals surface area contributed by atoms with E-state index in [1.165, 1.54) is 0 Å². The summed E-state index contributed by atoms with van der Waals surface area (Å²) < 4.78 is 50.6. The summed E-state index contributed by atoms with van der Waals surface area (Å²) >= 11 is 0. The van der Waals surface area contributed by atoms with E-state index in [1.54, 1.807) is 12.1 Å². The zero-order valence-electron chi connectivity index (χ0n) is 20.9. The highest BCUT2D eigenvalue weighted by atomic mass is 19.4. The Morgan fingerprint density at radius 1 is 1.18 bits per heavy atom. The quantitative estimate of drug-likeness (QED) is 0.280. The number of carbonyl (C=O) groups excluding carboxylic acids is 1. The second-order valence-corrected chi connectivity index (χ2v) is 8.97. The number of aliphatic imine (C=N–C) groups is 2. The van der Waals surface area contributed by atoms with Crippen molar-refractivity contribution in [2.75, 3.05) is 23.8 Å². The van der Waals surface area contributed by atoms with Gasteiger partial charge in [0.25, 0.3) is 11.9 Å². The highest BCUT2D eigenvalue weighted by Crippen LogP contribution is 2.32. The van der Waals surface area contributed by atoms with Crippen LogP contribution in [-0.4, -0.2) is 53.9 Å². The molecular weight excluding hydrogens is 527 g/mol. The Hall–Kier alpha value is -4.78. The number of pyridine rings is 1. The van der Waals surface area contributed by atoms with Crippen molar-refractivity contribution in [2.45, 2.75) is 24.8 Å². The van der Waals surface area contributed by atoms with Crippen LogP contribution in [-0.2, 0) is 20.4 Å². The van der Waals surface area contributed by atoms with Gasteiger partial charge in [0.2, 0.25) is 12.1 Å². The van der Waals surface area contributed by atoms with Crippen molar-refractivity contribution in [3.05, 3.63) is 89.2 Å². The van der Waals surface area contributed by atoms with Gasteiger partial charge >= 0.3 is 6.18 Å². The second-order valence-electron chi connectivity index (χ2n) is 8.97. The molecule has 5 N–H and O–H groups in total. The molecule has 0 aliphatic carbocycles. The fraction of sp³-hybridized carbons (Fsp3) is 0.222. The number of carbonyl (C=O) groups is 1. The van der Waals surface area contributed by atoms with Crippen molar-refractivity contribution >= 4 is 34.9 Å². The van der Waals surface area contributed by atoms with Crippen molar-refractivity contribution in [1.29, 1.82) is 5.41 Å². The first-order chi connectivity index (χ1) is 19.2. The number of anilines is 2. The van der Waals surface area contributed by atoms with Gasteiger partial charge in [0.05, 0.1) is 35.3 Å². The fourth-order valence-corrected chi connectivity index (χ4v) is 4.24. The van der Waals surface area contributed by atoms with Crippen LogP contribution in [0.1, 0.15) is 28.8 Å². The summed E-state index contributed by atoms with van der Waals surface area (Å²) in [6, 6.07) is 16.3. The Morgan fingerprint density at radius 2 is 1.93 bits per heavy atom. The number of para-hydroxylation sites is 1. The number of hydrogen-bond acceptors (Lipinski definition) is 8. The molecule has 1 fully saturated rings. The highest BCUT2D eigenvalue weighted by molar-refractivity contribution is 6.19. The number of amides is 1. The Morgan fingerprint density at radius 3 is 2.65 bits per heavy atom. The van der Waals surface area contributed by atoms with Crippen LogP contribution in [0, 0.1) is 5.41 Å². The maximum Gasteiger partial charge on any atom is 0.417 e. The lowest BCUT2D eigenvalue weighted by atomic mass is 10.0. The number of benzodiazepines with no additional fused rings is 1. The number of nitrogens with zero attached hydrogens (tertiary/aromatic N) is 3. The molecule has 0 bridgehead atoms. The topological polar surface area (TPSA) is 147 Å². The van der Waals surface area contributed by atoms with E-state index in [0.717, 1.165) is 11.6 Å². The normalized spacial score (nSPS) is 19.2. The molecule has 1 amide bonds. The van der Waals surface area contributed by atoms with Crippen molar-refractivity contribution in [3.8, 4) is 0 Å². The number of ether oxygens (including phenoxy) is 2. The van der Waals surface area contributed by atoms with E-state index in [2.05, 4.69) is 25.6 Å². The number of rotatable bonds is 5. The zero-order valence-corrected chi connectivity index (χ0v) is 20.9. The van der Waals surface area contributed by atoms with E-state index in [1.807, 2.05) is 42.5 Å². The molecule has 0 saturated carbocycles. The molecule has 5 rings (SSSR count). The number of benzene rings is 2. The molecule has 1 saturated heterocycles. The molecule has 2 aromatic carbocycles. The molecule has 3 aromatic rings. The molecule has 2 aliphatic rings. The number of nitrogens with two attached hydrogens (primary N) is 1. The molecule has 206 valence electrons. The van der Waals surface area contributed by atoms with E-state index in [0.29, 0.717) is 36.2 Å². The van der Waals surface area contributed by atoms with Crippen LogP contribution in [0.5, 0.6) is 0 Å². The minimum Gasteiger partial charge on any atom is -0.405 e. The highest BCUT2D eigenvalue weighted by Gasteiger charge is 2.33. The van der Waals surface area contributed by atoms with E-state index < -0.39 is 35.7 Å². The summed E-state index contributed by atoms with van der Waals surface area (Å²) in [5.41, 5.74) is 7.08. The lowest BCUT2D eigenvalue weighted by Crippen LogP contribution is -2.30. The largest absolute Gasteiger partial charge is 0.417 e. The van der Waals surface area contributed by atoms with E-state index in [-0.39, 0.29) is 24.0 Å². The standard InChI is InChI=1S/C27H24F3N7O3/c28-27(29,30)16-12-20(34-17-10-11-39-14-17)22(33-13-16)23(31)40-26(32)37-24-25(38)35-19-9-5-4-8-18(19)21(36-24)15-6-2-1-3-7-15/h1-9,12-13,17,24,31,34H,10-11,14H2,(H2,32,37)(H,35,38). The van der Waals surface area contributed by atoms with Gasteiger partial charge in [-0.05, 0) is 18.6 Å². The number of amidine groups is 1. The average molecular weight is 552 g/mol. The van der Waals surface area contributed by atoms with Gasteiger partial charge in [-0.3, -0.25) is 10.2 Å². The van der Waals surface area contributed by atoms with Crippen molar-refractivity contribution in [2.24, 2.45) is 15.7 Å². The van der Waals surface area contributed by atoms with E-state index in [4.69, 9.17) is 20.6 Å². The number of halogens is 3. The molecular formula is C27H24F3N7O3.